The maximum atomic E-state index is 15.2. The van der Waals surface area contributed by atoms with E-state index < -0.39 is 123 Å². The zero-order chi connectivity index (χ0) is 30.7. The van der Waals surface area contributed by atoms with E-state index in [1.54, 1.807) is 0 Å². The second-order valence-corrected chi connectivity index (χ2v) is 7.50. The number of alkyl halides is 9. The number of nitrogen functional groups attached to an aromatic ring is 2. The van der Waals surface area contributed by atoms with E-state index in [1.807, 2.05) is 0 Å². The van der Waals surface area contributed by atoms with Gasteiger partial charge >= 0.3 is 18.5 Å². The summed E-state index contributed by atoms with van der Waals surface area (Å²) in [7, 11) is 0. The first-order valence-electron chi connectivity index (χ1n) is 9.71. The Kier molecular flexibility index (Phi) is 7.42. The van der Waals surface area contributed by atoms with Crippen molar-refractivity contribution in [2.45, 2.75) is 18.5 Å². The van der Waals surface area contributed by atoms with Crippen molar-refractivity contribution in [3.63, 3.8) is 0 Å². The Labute approximate surface area is 210 Å². The minimum absolute atomic E-state index is 0.503. The van der Waals surface area contributed by atoms with E-state index in [1.165, 1.54) is 0 Å². The molecule has 0 aliphatic rings. The van der Waals surface area contributed by atoms with E-state index in [2.05, 4.69) is 9.47 Å². The molecule has 40 heavy (non-hydrogen) atoms. The number of ether oxygens (including phenoxy) is 2. The van der Waals surface area contributed by atoms with Gasteiger partial charge in [0.15, 0.2) is 34.7 Å². The summed E-state index contributed by atoms with van der Waals surface area (Å²) in [6.07, 6.45) is -17.5. The van der Waals surface area contributed by atoms with Crippen LogP contribution in [0.3, 0.4) is 0 Å². The molecule has 0 bridgehead atoms. The highest BCUT2D eigenvalue weighted by atomic mass is 19.4. The van der Waals surface area contributed by atoms with Gasteiger partial charge in [-0.2, -0.15) is 43.9 Å². The minimum Gasteiger partial charge on any atom is -0.450 e. The molecule has 0 radical (unpaired) electrons. The van der Waals surface area contributed by atoms with Crippen LogP contribution in [-0.4, -0.2) is 0 Å². The van der Waals surface area contributed by atoms with Crippen LogP contribution in [-0.2, 0) is 18.5 Å². The molecular weight excluding hydrogens is 597 g/mol. The summed E-state index contributed by atoms with van der Waals surface area (Å²) in [5.41, 5.74) is -1.23. The fraction of sp³-hybridized carbons (Fsp3) is 0.143. The first-order chi connectivity index (χ1) is 18.1. The minimum atomic E-state index is -5.92. The van der Waals surface area contributed by atoms with Crippen LogP contribution < -0.4 is 20.9 Å². The van der Waals surface area contributed by atoms with E-state index in [0.29, 0.717) is 0 Å². The molecule has 0 amide bonds. The SMILES string of the molecule is Nc1c(F)cc(C(F)(F)F)c(Oc2c(F)cc(C(F)(F)F)c(Oc3c(C(F)(F)F)cc(F)c(N)c3F)c2F)c1F. The van der Waals surface area contributed by atoms with Crippen molar-refractivity contribution in [3.8, 4) is 23.0 Å². The first kappa shape index (κ1) is 30.4. The predicted octanol–water partition coefficient (Wildman–Crippen LogP) is 8.33. The molecule has 0 saturated carbocycles. The standard InChI is InChI=1S/C21H7F15N2O2/c22-7-1-4(19(28,29)30)15(10(25)13(7)37)39-17-6(21(34,35)36)3-9(24)18(12(17)27)40-16-5(20(31,32)33)2-8(23)14(38)11(16)26/h1-3H,37-38H2. The van der Waals surface area contributed by atoms with Crippen LogP contribution in [0.1, 0.15) is 16.7 Å². The third-order valence-corrected chi connectivity index (χ3v) is 4.87. The lowest BCUT2D eigenvalue weighted by Crippen LogP contribution is -2.15. The molecule has 0 aliphatic carbocycles. The lowest BCUT2D eigenvalue weighted by molar-refractivity contribution is -0.140. The van der Waals surface area contributed by atoms with Crippen LogP contribution in [0.25, 0.3) is 0 Å². The molecule has 3 rings (SSSR count). The molecule has 0 aliphatic heterocycles. The number of benzene rings is 3. The summed E-state index contributed by atoms with van der Waals surface area (Å²) < 4.78 is 214. The molecular formula is C21H7F15N2O2. The van der Waals surface area contributed by atoms with Crippen LogP contribution >= 0.6 is 0 Å². The number of hydrogen-bond donors (Lipinski definition) is 2. The number of anilines is 2. The van der Waals surface area contributed by atoms with E-state index in [4.69, 9.17) is 11.5 Å². The Bertz CT molecular complexity index is 1490. The zero-order valence-electron chi connectivity index (χ0n) is 18.4. The van der Waals surface area contributed by atoms with Gasteiger partial charge in [-0.05, 0) is 18.2 Å². The van der Waals surface area contributed by atoms with E-state index in [0.717, 1.165) is 0 Å². The molecule has 0 aromatic heterocycles. The van der Waals surface area contributed by atoms with Gasteiger partial charge in [-0.3, -0.25) is 0 Å². The molecule has 0 atom stereocenters. The fourth-order valence-electron chi connectivity index (χ4n) is 3.04. The summed E-state index contributed by atoms with van der Waals surface area (Å²) in [6.45, 7) is 0. The highest BCUT2D eigenvalue weighted by molar-refractivity contribution is 5.58. The highest BCUT2D eigenvalue weighted by Crippen LogP contribution is 2.50. The molecule has 4 N–H and O–H groups in total. The predicted molar refractivity (Wildman–Crippen MR) is 103 cm³/mol. The second kappa shape index (κ2) is 9.77. The van der Waals surface area contributed by atoms with Crippen LogP contribution in [0.5, 0.6) is 23.0 Å². The molecule has 3 aromatic carbocycles. The molecule has 0 fully saturated rings. The van der Waals surface area contributed by atoms with Gasteiger partial charge in [-0.1, -0.05) is 0 Å². The van der Waals surface area contributed by atoms with Crippen LogP contribution in [0, 0.1) is 34.9 Å². The quantitative estimate of drug-likeness (QED) is 0.232. The van der Waals surface area contributed by atoms with Crippen LogP contribution in [0.2, 0.25) is 0 Å². The average molecular weight is 604 g/mol. The summed E-state index contributed by atoms with van der Waals surface area (Å²) >= 11 is 0. The summed E-state index contributed by atoms with van der Waals surface area (Å²) in [5, 5.41) is 0. The lowest BCUT2D eigenvalue weighted by atomic mass is 10.1. The molecule has 19 heteroatoms. The van der Waals surface area contributed by atoms with Crippen molar-refractivity contribution in [1.82, 2.24) is 0 Å². The van der Waals surface area contributed by atoms with E-state index in [9.17, 15) is 61.5 Å². The summed E-state index contributed by atoms with van der Waals surface area (Å²) in [5.74, 6) is -24.1. The van der Waals surface area contributed by atoms with Gasteiger partial charge in [0.1, 0.15) is 39.7 Å². The van der Waals surface area contributed by atoms with Gasteiger partial charge < -0.3 is 20.9 Å². The topological polar surface area (TPSA) is 70.5 Å². The highest BCUT2D eigenvalue weighted by Gasteiger charge is 2.44. The van der Waals surface area contributed by atoms with Gasteiger partial charge in [0.2, 0.25) is 11.6 Å². The molecule has 0 saturated heterocycles. The van der Waals surface area contributed by atoms with Gasteiger partial charge in [-0.15, -0.1) is 0 Å². The fourth-order valence-corrected chi connectivity index (χ4v) is 3.04. The average Bonchev–Trinajstić information content (AvgIpc) is 2.80. The molecule has 3 aromatic rings. The Morgan fingerprint density at radius 3 is 1.02 bits per heavy atom. The van der Waals surface area contributed by atoms with E-state index >= 15 is 4.39 Å². The normalized spacial score (nSPS) is 12.6. The largest absolute Gasteiger partial charge is 0.450 e. The molecule has 0 spiro atoms. The number of rotatable bonds is 4. The number of nitrogens with two attached hydrogens (primary N) is 2. The Hall–Kier alpha value is -4.19. The summed E-state index contributed by atoms with van der Waals surface area (Å²) in [4.78, 5) is 0. The van der Waals surface area contributed by atoms with Crippen LogP contribution in [0.15, 0.2) is 18.2 Å². The Balaban J connectivity index is 2.36. The maximum Gasteiger partial charge on any atom is 0.420 e. The molecule has 218 valence electrons. The second-order valence-electron chi connectivity index (χ2n) is 7.50. The Morgan fingerprint density at radius 1 is 0.425 bits per heavy atom. The monoisotopic (exact) mass is 604 g/mol. The first-order valence-corrected chi connectivity index (χ1v) is 9.71. The van der Waals surface area contributed by atoms with Crippen LogP contribution in [0.4, 0.5) is 77.2 Å². The Morgan fingerprint density at radius 2 is 0.700 bits per heavy atom. The van der Waals surface area contributed by atoms with Gasteiger partial charge in [0.25, 0.3) is 0 Å². The van der Waals surface area contributed by atoms with Crippen molar-refractivity contribution in [1.29, 1.82) is 0 Å². The van der Waals surface area contributed by atoms with Crippen molar-refractivity contribution in [3.05, 3.63) is 69.8 Å². The number of hydrogen-bond acceptors (Lipinski definition) is 4. The zero-order valence-corrected chi connectivity index (χ0v) is 18.4. The molecule has 0 unspecified atom stereocenters. The summed E-state index contributed by atoms with van der Waals surface area (Å²) in [6, 6.07) is -1.83. The van der Waals surface area contributed by atoms with Gasteiger partial charge in [0, 0.05) is 0 Å². The van der Waals surface area contributed by atoms with Crippen molar-refractivity contribution in [2.24, 2.45) is 0 Å². The van der Waals surface area contributed by atoms with Crippen molar-refractivity contribution < 1.29 is 75.3 Å². The lowest BCUT2D eigenvalue weighted by Gasteiger charge is -2.21. The van der Waals surface area contributed by atoms with Gasteiger partial charge in [-0.25, -0.2) is 22.0 Å². The third kappa shape index (κ3) is 5.44. The third-order valence-electron chi connectivity index (χ3n) is 4.87. The van der Waals surface area contributed by atoms with E-state index in [-0.39, 0.29) is 0 Å². The van der Waals surface area contributed by atoms with Crippen molar-refractivity contribution in [2.75, 3.05) is 11.5 Å². The maximum absolute atomic E-state index is 15.2. The number of halogens is 15. The molecule has 4 nitrogen and oxygen atoms in total. The molecule has 0 heterocycles. The van der Waals surface area contributed by atoms with Gasteiger partial charge in [0.05, 0.1) is 0 Å². The van der Waals surface area contributed by atoms with Crippen molar-refractivity contribution >= 4 is 11.4 Å². The smallest absolute Gasteiger partial charge is 0.420 e.